The van der Waals surface area contributed by atoms with Crippen molar-refractivity contribution in [1.82, 2.24) is 10.5 Å². The lowest BCUT2D eigenvalue weighted by Gasteiger charge is -2.44. The molecule has 0 aliphatic carbocycles. The Bertz CT molecular complexity index is 563. The van der Waals surface area contributed by atoms with Gasteiger partial charge in [0.15, 0.2) is 0 Å². The first-order valence-electron chi connectivity index (χ1n) is 6.84. The van der Waals surface area contributed by atoms with Gasteiger partial charge in [-0.25, -0.2) is 14.8 Å². The van der Waals surface area contributed by atoms with Crippen LogP contribution in [0.15, 0.2) is 4.99 Å². The summed E-state index contributed by atoms with van der Waals surface area (Å²) in [6, 6.07) is -0.710. The highest BCUT2D eigenvalue weighted by Crippen LogP contribution is 2.49. The van der Waals surface area contributed by atoms with E-state index in [-0.39, 0.29) is 44.2 Å². The minimum atomic E-state index is -2.13. The van der Waals surface area contributed by atoms with E-state index < -0.39 is 23.4 Å². The van der Waals surface area contributed by atoms with Crippen molar-refractivity contribution in [3.05, 3.63) is 0 Å². The van der Waals surface area contributed by atoms with Crippen LogP contribution in [0.25, 0.3) is 0 Å². The van der Waals surface area contributed by atoms with Crippen molar-refractivity contribution in [3.8, 4) is 0 Å². The van der Waals surface area contributed by atoms with Crippen LogP contribution in [0, 0.1) is 5.92 Å². The third-order valence-corrected chi connectivity index (χ3v) is 4.66. The van der Waals surface area contributed by atoms with Gasteiger partial charge in [-0.1, -0.05) is 0 Å². The van der Waals surface area contributed by atoms with Crippen molar-refractivity contribution in [2.24, 2.45) is 22.4 Å². The molecule has 0 aromatic rings. The highest BCUT2D eigenvalue weighted by Gasteiger charge is 2.72. The molecule has 1 spiro atoms. The number of hydrogen-bond donors (Lipinski definition) is 6. The van der Waals surface area contributed by atoms with Crippen molar-refractivity contribution < 1.29 is 29.6 Å². The van der Waals surface area contributed by atoms with E-state index >= 15 is 0 Å². The van der Waals surface area contributed by atoms with Crippen LogP contribution in [0.5, 0.6) is 0 Å². The van der Waals surface area contributed by atoms with Crippen LogP contribution in [-0.4, -0.2) is 73.9 Å². The number of amidine groups is 1. The number of guanidine groups is 1. The Morgan fingerprint density at radius 1 is 1.55 bits per heavy atom. The molecule has 0 aromatic carbocycles. The normalized spacial score (nSPS) is 36.0. The summed E-state index contributed by atoms with van der Waals surface area (Å²) in [5.41, 5.74) is 12.7. The van der Waals surface area contributed by atoms with Gasteiger partial charge in [-0.15, -0.1) is 10.5 Å². The highest BCUT2D eigenvalue weighted by atomic mass is 16.7. The van der Waals surface area contributed by atoms with Gasteiger partial charge in [0.25, 0.3) is 0 Å². The maximum atomic E-state index is 10.4. The van der Waals surface area contributed by atoms with Gasteiger partial charge in [0.05, 0.1) is 24.8 Å². The van der Waals surface area contributed by atoms with Crippen LogP contribution >= 0.6 is 0 Å². The summed E-state index contributed by atoms with van der Waals surface area (Å²) in [6.45, 7) is 0.431. The summed E-state index contributed by atoms with van der Waals surface area (Å²) in [4.78, 5) is 18.9. The lowest BCUT2D eigenvalue weighted by Crippen LogP contribution is -2.70. The first-order valence-corrected chi connectivity index (χ1v) is 6.84. The van der Waals surface area contributed by atoms with E-state index in [9.17, 15) is 20.2 Å². The first kappa shape index (κ1) is 15.0. The van der Waals surface area contributed by atoms with Crippen molar-refractivity contribution in [2.75, 3.05) is 13.1 Å². The Labute approximate surface area is 125 Å². The summed E-state index contributed by atoms with van der Waals surface area (Å²) >= 11 is 0. The van der Waals surface area contributed by atoms with Gasteiger partial charge in [-0.05, 0) is 0 Å². The summed E-state index contributed by atoms with van der Waals surface area (Å²) in [6.07, 6.45) is 0.261. The van der Waals surface area contributed by atoms with Crippen LogP contribution in [0.3, 0.4) is 0 Å². The van der Waals surface area contributed by atoms with E-state index in [1.807, 2.05) is 0 Å². The lowest BCUT2D eigenvalue weighted by atomic mass is 9.80. The number of aliphatic hydroxyl groups is 2. The molecule has 3 heterocycles. The predicted octanol–water partition coefficient (Wildman–Crippen LogP) is -3.78. The molecule has 22 heavy (non-hydrogen) atoms. The molecule has 122 valence electrons. The number of hydrogen-bond acceptors (Lipinski definition) is 10. The highest BCUT2D eigenvalue weighted by molar-refractivity contribution is 5.84. The topological polar surface area (TPSA) is 170 Å². The van der Waals surface area contributed by atoms with E-state index in [1.165, 1.54) is 4.58 Å². The quantitative estimate of drug-likeness (QED) is 0.100. The number of carbonyl (C=O) groups is 1. The fourth-order valence-corrected chi connectivity index (χ4v) is 3.75. The standard InChI is InChI=1S/C11H18N6O5/c12-8-3-6-7(4-14-22-5-18)17(21)9(13)16-2-1-10(19,20)11(6,16)15-8/h5-7,13-14,19-21H,1-4H2,(H2,12,15)/p+1/t6-,7-,11-/m0/s1. The second-order valence-corrected chi connectivity index (χ2v) is 5.69. The van der Waals surface area contributed by atoms with Gasteiger partial charge in [0.2, 0.25) is 11.4 Å². The predicted molar refractivity (Wildman–Crippen MR) is 71.1 cm³/mol. The second-order valence-electron chi connectivity index (χ2n) is 5.69. The molecule has 0 amide bonds. The van der Waals surface area contributed by atoms with Gasteiger partial charge < -0.3 is 20.8 Å². The van der Waals surface area contributed by atoms with Crippen LogP contribution in [-0.2, 0) is 9.63 Å². The molecule has 0 bridgehead atoms. The molecule has 1 fully saturated rings. The molecule has 0 unspecified atom stereocenters. The molecule has 1 saturated heterocycles. The molecule has 3 atom stereocenters. The van der Waals surface area contributed by atoms with E-state index in [4.69, 9.17) is 11.5 Å². The maximum Gasteiger partial charge on any atom is 0.376 e. The molecule has 8 N–H and O–H groups in total. The van der Waals surface area contributed by atoms with Crippen molar-refractivity contribution >= 4 is 18.3 Å². The Balaban J connectivity index is 2.05. The summed E-state index contributed by atoms with van der Waals surface area (Å²) < 4.78 is 1.45. The fourth-order valence-electron chi connectivity index (χ4n) is 3.75. The molecule has 3 aliphatic heterocycles. The van der Waals surface area contributed by atoms with E-state index in [2.05, 4.69) is 15.3 Å². The molecule has 3 rings (SSSR count). The average molecular weight is 315 g/mol. The molecule has 0 aromatic heterocycles. The summed E-state index contributed by atoms with van der Waals surface area (Å²) in [7, 11) is 0. The molecule has 0 radical (unpaired) electrons. The third-order valence-electron chi connectivity index (χ3n) is 4.66. The van der Waals surface area contributed by atoms with E-state index in [0.29, 0.717) is 0 Å². The number of rotatable bonds is 4. The lowest BCUT2D eigenvalue weighted by molar-refractivity contribution is -0.633. The van der Waals surface area contributed by atoms with Crippen molar-refractivity contribution in [2.45, 2.75) is 30.3 Å². The largest absolute Gasteiger partial charge is 0.387 e. The van der Waals surface area contributed by atoms with Gasteiger partial charge in [-0.2, -0.15) is 0 Å². The number of aliphatic imine (C=N–C) groups is 1. The molecular formula is C11H19N6O5+. The number of nitrogens with two attached hydrogens (primary N) is 2. The third kappa shape index (κ3) is 1.73. The Kier molecular flexibility index (Phi) is 3.25. The van der Waals surface area contributed by atoms with Crippen molar-refractivity contribution in [1.29, 1.82) is 0 Å². The van der Waals surface area contributed by atoms with Crippen LogP contribution in [0.2, 0.25) is 0 Å². The summed E-state index contributed by atoms with van der Waals surface area (Å²) in [5.74, 6) is -2.49. The zero-order chi connectivity index (χ0) is 16.1. The SMILES string of the molecule is NC1=N[C@@]23[C@@H](C1)[C@H](CNOC=O)N(O)C(N)=[N+]2CCC3(O)O. The molecule has 11 nitrogen and oxygen atoms in total. The molecule has 0 saturated carbocycles. The smallest absolute Gasteiger partial charge is 0.376 e. The zero-order valence-electron chi connectivity index (χ0n) is 11.7. The fraction of sp³-hybridized carbons (Fsp3) is 0.727. The Hall–Kier alpha value is -1.95. The monoisotopic (exact) mass is 315 g/mol. The van der Waals surface area contributed by atoms with Crippen LogP contribution in [0.1, 0.15) is 12.8 Å². The first-order chi connectivity index (χ1) is 10.3. The average Bonchev–Trinajstić information content (AvgIpc) is 2.93. The van der Waals surface area contributed by atoms with Gasteiger partial charge in [0.1, 0.15) is 6.04 Å². The van der Waals surface area contributed by atoms with Crippen LogP contribution in [0.4, 0.5) is 0 Å². The minimum absolute atomic E-state index is 0.00900. The van der Waals surface area contributed by atoms with E-state index in [0.717, 1.165) is 5.06 Å². The molecular weight excluding hydrogens is 296 g/mol. The summed E-state index contributed by atoms with van der Waals surface area (Å²) in [5, 5.41) is 32.0. The Morgan fingerprint density at radius 3 is 2.95 bits per heavy atom. The molecule has 11 heteroatoms. The number of nitrogens with one attached hydrogen (secondary N) is 1. The second kappa shape index (κ2) is 4.78. The minimum Gasteiger partial charge on any atom is -0.387 e. The number of hydroxylamine groups is 3. The molecule has 3 aliphatic rings. The van der Waals surface area contributed by atoms with E-state index in [1.54, 1.807) is 0 Å². The number of nitrogens with zero attached hydrogens (tertiary/aromatic N) is 3. The van der Waals surface area contributed by atoms with Crippen LogP contribution < -0.4 is 16.9 Å². The number of carbonyl (C=O) groups excluding carboxylic acids is 1. The maximum absolute atomic E-state index is 10.4. The van der Waals surface area contributed by atoms with Gasteiger partial charge in [-0.3, -0.25) is 10.5 Å². The van der Waals surface area contributed by atoms with Gasteiger partial charge in [0, 0.05) is 12.8 Å². The van der Waals surface area contributed by atoms with Gasteiger partial charge >= 0.3 is 12.4 Å². The Morgan fingerprint density at radius 2 is 2.27 bits per heavy atom. The van der Waals surface area contributed by atoms with Crippen molar-refractivity contribution in [3.63, 3.8) is 0 Å². The zero-order valence-corrected chi connectivity index (χ0v) is 11.7.